The lowest BCUT2D eigenvalue weighted by Gasteiger charge is -2.50. The minimum absolute atomic E-state index is 0.0190. The van der Waals surface area contributed by atoms with Crippen molar-refractivity contribution in [2.75, 3.05) is 67.5 Å². The third-order valence-electron chi connectivity index (χ3n) is 17.0. The summed E-state index contributed by atoms with van der Waals surface area (Å²) in [4.78, 5) is 59.3. The van der Waals surface area contributed by atoms with Gasteiger partial charge in [0.05, 0.1) is 42.0 Å². The van der Waals surface area contributed by atoms with Gasteiger partial charge in [-0.3, -0.25) is 45.5 Å². The van der Waals surface area contributed by atoms with E-state index in [4.69, 9.17) is 0 Å². The van der Waals surface area contributed by atoms with Crippen LogP contribution in [0.5, 0.6) is 0 Å². The number of aromatic nitrogens is 2. The van der Waals surface area contributed by atoms with Crippen LogP contribution in [0.4, 0.5) is 17.1 Å². The van der Waals surface area contributed by atoms with E-state index in [0.29, 0.717) is 36.4 Å². The average molecular weight is 917 g/mol. The number of fused-ring (bicyclic) bond motifs is 7. The Morgan fingerprint density at radius 3 is 2.33 bits per heavy atom. The Kier molecular flexibility index (Phi) is 12.1. The van der Waals surface area contributed by atoms with E-state index in [1.807, 2.05) is 24.1 Å². The second-order valence-corrected chi connectivity index (χ2v) is 21.0. The van der Waals surface area contributed by atoms with Crippen LogP contribution in [0.2, 0.25) is 0 Å². The van der Waals surface area contributed by atoms with Crippen LogP contribution < -0.4 is 41.9 Å². The van der Waals surface area contributed by atoms with E-state index in [1.54, 1.807) is 6.20 Å². The second kappa shape index (κ2) is 18.2. The van der Waals surface area contributed by atoms with Gasteiger partial charge in [0, 0.05) is 73.7 Å². The lowest BCUT2D eigenvalue weighted by Crippen LogP contribution is -2.69. The summed E-state index contributed by atoms with van der Waals surface area (Å²) in [5.74, 6) is -0.841. The number of nitrogens with zero attached hydrogens (tertiary/aromatic N) is 7. The van der Waals surface area contributed by atoms with Crippen LogP contribution in [0.25, 0.3) is 10.8 Å². The summed E-state index contributed by atoms with van der Waals surface area (Å²) in [7, 11) is 0. The summed E-state index contributed by atoms with van der Waals surface area (Å²) in [6.45, 7) is 9.38. The fourth-order valence-corrected chi connectivity index (χ4v) is 12.7. The van der Waals surface area contributed by atoms with Gasteiger partial charge >= 0.3 is 0 Å². The molecule has 7 atom stereocenters. The molecule has 7 saturated heterocycles. The largest absolute Gasteiger partial charge is 0.389 e. The van der Waals surface area contributed by atoms with Crippen LogP contribution >= 0.6 is 0 Å². The summed E-state index contributed by atoms with van der Waals surface area (Å²) in [5, 5.41) is 38.2. The highest BCUT2D eigenvalue weighted by Gasteiger charge is 2.53. The van der Waals surface area contributed by atoms with Gasteiger partial charge in [-0.2, -0.15) is 10.1 Å². The van der Waals surface area contributed by atoms with E-state index in [9.17, 15) is 24.3 Å². The van der Waals surface area contributed by atoms with Crippen LogP contribution in [0.1, 0.15) is 96.4 Å². The number of allylic oxidation sites excluding steroid dienone is 1. The minimum Gasteiger partial charge on any atom is -0.389 e. The van der Waals surface area contributed by atoms with Crippen LogP contribution in [0, 0.1) is 11.3 Å². The molecule has 358 valence electrons. The second-order valence-electron chi connectivity index (χ2n) is 21.0. The van der Waals surface area contributed by atoms with Crippen LogP contribution in [-0.2, 0) is 14.4 Å². The molecule has 0 saturated carbocycles. The lowest BCUT2D eigenvalue weighted by atomic mass is 9.71. The van der Waals surface area contributed by atoms with E-state index in [-0.39, 0.29) is 60.8 Å². The Balaban J connectivity index is 0.651. The monoisotopic (exact) mass is 917 g/mol. The van der Waals surface area contributed by atoms with Gasteiger partial charge in [-0.05, 0) is 139 Å². The number of piperidine rings is 5. The summed E-state index contributed by atoms with van der Waals surface area (Å²) >= 11 is 0. The number of hydrogen-bond donors (Lipinski definition) is 6. The van der Waals surface area contributed by atoms with Crippen molar-refractivity contribution in [1.82, 2.24) is 46.0 Å². The third-order valence-corrected chi connectivity index (χ3v) is 17.0. The van der Waals surface area contributed by atoms with Crippen LogP contribution in [-0.4, -0.2) is 136 Å². The molecule has 11 rings (SSSR count). The zero-order valence-electron chi connectivity index (χ0n) is 38.9. The SMILES string of the molecule is C[C@@]1(O)CC/C=C\CN2C(=O)C3CNC(Nc4ccc(N5CCC(N6CCC7(CCN(c8ccc9cnn(C%10CCC(=O)NC%10=O)c(=O)c9c8)CC7)CC6)CC5)cc4)NC3N2C2CCCC1N2. The average Bonchev–Trinajstić information content (AvgIpc) is 3.61. The maximum Gasteiger partial charge on any atom is 0.275 e. The van der Waals surface area contributed by atoms with Gasteiger partial charge < -0.3 is 25.1 Å². The molecule has 2 bridgehead atoms. The lowest BCUT2D eigenvalue weighted by molar-refractivity contribution is -0.146. The number of rotatable bonds is 6. The van der Waals surface area contributed by atoms with E-state index in [0.717, 1.165) is 107 Å². The van der Waals surface area contributed by atoms with E-state index in [1.165, 1.54) is 23.2 Å². The quantitative estimate of drug-likeness (QED) is 0.157. The molecule has 8 aliphatic rings. The molecule has 3 aromatic rings. The van der Waals surface area contributed by atoms with E-state index in [2.05, 4.69) is 93.9 Å². The molecule has 2 aromatic carbocycles. The summed E-state index contributed by atoms with van der Waals surface area (Å²) in [5.41, 5.74) is 2.57. The molecule has 67 heavy (non-hydrogen) atoms. The van der Waals surface area contributed by atoms with E-state index >= 15 is 0 Å². The first kappa shape index (κ1) is 44.6. The Hall–Kier alpha value is -4.91. The maximum absolute atomic E-state index is 13.8. The number of amides is 3. The Labute approximate surface area is 392 Å². The molecule has 17 nitrogen and oxygen atoms in total. The number of likely N-dealkylation sites (tertiary alicyclic amines) is 1. The predicted octanol–water partition coefficient (Wildman–Crippen LogP) is 3.18. The molecule has 0 radical (unpaired) electrons. The molecule has 1 aromatic heterocycles. The normalized spacial score (nSPS) is 32.7. The highest BCUT2D eigenvalue weighted by atomic mass is 16.3. The topological polar surface area (TPSA) is 183 Å². The van der Waals surface area contributed by atoms with Gasteiger partial charge in [-0.25, -0.2) is 4.68 Å². The first-order valence-corrected chi connectivity index (χ1v) is 25.2. The number of aliphatic hydroxyl groups is 1. The standard InChI is InChI=1S/C50H68N12O5/c1-49(67)18-3-2-4-23-60-46(65)39-32-51-48(56-44(39)62(60)42-7-5-6-41(49)54-42)53-34-9-12-35(13-10-34)57-24-16-36(17-25-57)58-26-19-50(20-27-58)21-28-59(29-22-50)37-11-8-33-31-52-61(47(66)38(33)30-37)40-14-15-43(63)55-45(40)64/h2,4,8-13,30-31,36,39-42,44,48,51,53-54,56,67H,3,5-7,14-29,32H2,1H3,(H,55,63,64)/b4-2-/t39?,40?,41?,42?,44?,48?,49-/m1/s1. The molecule has 6 N–H and O–H groups in total. The van der Waals surface area contributed by atoms with Crippen molar-refractivity contribution in [3.8, 4) is 0 Å². The molecule has 1 spiro atoms. The fraction of sp³-hybridized carbons (Fsp3) is 0.620. The Morgan fingerprint density at radius 2 is 1.55 bits per heavy atom. The zero-order valence-corrected chi connectivity index (χ0v) is 38.9. The molecule has 3 amide bonds. The number of anilines is 3. The zero-order chi connectivity index (χ0) is 45.9. The van der Waals surface area contributed by atoms with Crippen molar-refractivity contribution >= 4 is 45.6 Å². The van der Waals surface area contributed by atoms with Crippen LogP contribution in [0.15, 0.2) is 65.6 Å². The van der Waals surface area contributed by atoms with Crippen molar-refractivity contribution in [3.05, 3.63) is 71.2 Å². The summed E-state index contributed by atoms with van der Waals surface area (Å²) < 4.78 is 1.25. The molecular formula is C50H68N12O5. The number of carbonyl (C=O) groups is 3. The van der Waals surface area contributed by atoms with Crippen LogP contribution in [0.3, 0.4) is 0 Å². The third kappa shape index (κ3) is 8.75. The number of imide groups is 1. The van der Waals surface area contributed by atoms with Crippen molar-refractivity contribution in [2.45, 2.75) is 133 Å². The Bertz CT molecular complexity index is 2420. The smallest absolute Gasteiger partial charge is 0.275 e. The number of hydrazine groups is 1. The number of nitrogens with one attached hydrogen (secondary N) is 5. The van der Waals surface area contributed by atoms with Gasteiger partial charge in [-0.15, -0.1) is 0 Å². The molecule has 0 aliphatic carbocycles. The predicted molar refractivity (Wildman–Crippen MR) is 257 cm³/mol. The fourth-order valence-electron chi connectivity index (χ4n) is 12.7. The maximum atomic E-state index is 13.8. The molecule has 17 heteroatoms. The first-order valence-electron chi connectivity index (χ1n) is 25.2. The van der Waals surface area contributed by atoms with Crippen molar-refractivity contribution in [2.24, 2.45) is 11.3 Å². The first-order chi connectivity index (χ1) is 32.5. The van der Waals surface area contributed by atoms with Crippen molar-refractivity contribution in [1.29, 1.82) is 0 Å². The molecular weight excluding hydrogens is 849 g/mol. The van der Waals surface area contributed by atoms with Crippen molar-refractivity contribution < 1.29 is 19.5 Å². The van der Waals surface area contributed by atoms with Gasteiger partial charge in [0.15, 0.2) is 0 Å². The summed E-state index contributed by atoms with van der Waals surface area (Å²) in [6.07, 6.45) is 17.3. The van der Waals surface area contributed by atoms with Crippen molar-refractivity contribution in [3.63, 3.8) is 0 Å². The minimum atomic E-state index is -0.808. The summed E-state index contributed by atoms with van der Waals surface area (Å²) in [6, 6.07) is 14.6. The van der Waals surface area contributed by atoms with Gasteiger partial charge in [0.2, 0.25) is 11.8 Å². The number of hydrogen-bond acceptors (Lipinski definition) is 14. The van der Waals surface area contributed by atoms with Gasteiger partial charge in [-0.1, -0.05) is 18.2 Å². The van der Waals surface area contributed by atoms with Gasteiger partial charge in [0.1, 0.15) is 12.3 Å². The molecule has 7 fully saturated rings. The highest BCUT2D eigenvalue weighted by Crippen LogP contribution is 2.43. The molecule has 6 unspecified atom stereocenters. The van der Waals surface area contributed by atoms with E-state index < -0.39 is 17.6 Å². The number of benzene rings is 2. The Morgan fingerprint density at radius 1 is 0.806 bits per heavy atom. The van der Waals surface area contributed by atoms with Gasteiger partial charge in [0.25, 0.3) is 11.5 Å². The molecule has 9 heterocycles. The molecule has 8 aliphatic heterocycles. The highest BCUT2D eigenvalue weighted by molar-refractivity contribution is 5.99. The number of carbonyl (C=O) groups excluding carboxylic acids is 3.